The van der Waals surface area contributed by atoms with Crippen molar-refractivity contribution in [3.05, 3.63) is 15.9 Å². The van der Waals surface area contributed by atoms with Gasteiger partial charge >= 0.3 is 0 Å². The number of aliphatic hydroxyl groups is 1. The minimum absolute atomic E-state index is 0.0517. The van der Waals surface area contributed by atoms with Gasteiger partial charge in [0.15, 0.2) is 5.69 Å². The van der Waals surface area contributed by atoms with Gasteiger partial charge in [-0.2, -0.15) is 5.10 Å². The van der Waals surface area contributed by atoms with Gasteiger partial charge in [0.05, 0.1) is 10.1 Å². The Morgan fingerprint density at radius 1 is 1.40 bits per heavy atom. The molecule has 0 aliphatic carbocycles. The number of halogens is 1. The van der Waals surface area contributed by atoms with Gasteiger partial charge in [-0.05, 0) is 36.7 Å². The summed E-state index contributed by atoms with van der Waals surface area (Å²) in [6.07, 6.45) is 0. The zero-order chi connectivity index (χ0) is 14.9. The van der Waals surface area contributed by atoms with E-state index in [9.17, 15) is 9.90 Å². The Bertz CT molecular complexity index is 487. The van der Waals surface area contributed by atoms with E-state index in [1.54, 1.807) is 18.7 Å². The fraction of sp³-hybridized carbons (Fsp3) is 0.692. The molecule has 0 bridgehead atoms. The number of hydrogen-bond donors (Lipinski definition) is 2. The molecule has 0 spiro atoms. The van der Waals surface area contributed by atoms with Gasteiger partial charge in [-0.1, -0.05) is 0 Å². The summed E-state index contributed by atoms with van der Waals surface area (Å²) in [5, 5.41) is 16.7. The van der Waals surface area contributed by atoms with Gasteiger partial charge < -0.3 is 10.0 Å². The zero-order valence-electron chi connectivity index (χ0n) is 12.1. The first kappa shape index (κ1) is 15.5. The number of nitrogens with zero attached hydrogens (tertiary/aromatic N) is 3. The predicted octanol–water partition coefficient (Wildman–Crippen LogP) is 1.01. The van der Waals surface area contributed by atoms with Gasteiger partial charge in [0.2, 0.25) is 0 Å². The monoisotopic (exact) mass is 344 g/mol. The van der Waals surface area contributed by atoms with E-state index < -0.39 is 5.60 Å². The van der Waals surface area contributed by atoms with E-state index in [0.29, 0.717) is 25.3 Å². The van der Waals surface area contributed by atoms with E-state index in [1.165, 1.54) is 0 Å². The van der Waals surface area contributed by atoms with Crippen molar-refractivity contribution in [3.8, 4) is 0 Å². The van der Waals surface area contributed by atoms with Crippen molar-refractivity contribution in [2.75, 3.05) is 32.7 Å². The molecule has 6 nitrogen and oxygen atoms in total. The number of carbonyl (C=O) groups excluding carboxylic acids is 1. The quantitative estimate of drug-likeness (QED) is 0.858. The van der Waals surface area contributed by atoms with E-state index in [2.05, 4.69) is 31.0 Å². The molecule has 0 atom stereocenters. The number of β-amino-alcohol motifs (C(OH)–C–C–N with tert-alkyl or cyclic N) is 1. The van der Waals surface area contributed by atoms with Crippen LogP contribution in [-0.4, -0.2) is 69.3 Å². The highest BCUT2D eigenvalue weighted by atomic mass is 79.9. The lowest BCUT2D eigenvalue weighted by atomic mass is 10.1. The topological polar surface area (TPSA) is 72.5 Å². The summed E-state index contributed by atoms with van der Waals surface area (Å²) in [5.74, 6) is -0.0517. The summed E-state index contributed by atoms with van der Waals surface area (Å²) in [6.45, 7) is 8.96. The van der Waals surface area contributed by atoms with Crippen LogP contribution in [0.1, 0.15) is 30.0 Å². The van der Waals surface area contributed by atoms with Crippen molar-refractivity contribution in [1.82, 2.24) is 20.0 Å². The molecule has 7 heteroatoms. The molecule has 2 rings (SSSR count). The number of piperazine rings is 1. The summed E-state index contributed by atoms with van der Waals surface area (Å²) in [5.41, 5.74) is 0.599. The second-order valence-corrected chi connectivity index (χ2v) is 6.68. The molecule has 1 saturated heterocycles. The van der Waals surface area contributed by atoms with Crippen LogP contribution >= 0.6 is 15.9 Å². The van der Waals surface area contributed by atoms with Gasteiger partial charge in [0, 0.05) is 38.4 Å². The Morgan fingerprint density at radius 2 is 2.00 bits per heavy atom. The van der Waals surface area contributed by atoms with Crippen LogP contribution in [0.15, 0.2) is 4.47 Å². The van der Waals surface area contributed by atoms with Crippen molar-refractivity contribution in [2.45, 2.75) is 26.4 Å². The number of nitrogens with one attached hydrogen (secondary N) is 1. The minimum Gasteiger partial charge on any atom is -0.389 e. The van der Waals surface area contributed by atoms with Crippen LogP contribution in [0.4, 0.5) is 0 Å². The first-order valence-corrected chi connectivity index (χ1v) is 7.52. The number of aromatic amines is 1. The summed E-state index contributed by atoms with van der Waals surface area (Å²) in [6, 6.07) is 0. The second kappa shape index (κ2) is 5.83. The van der Waals surface area contributed by atoms with Gasteiger partial charge in [-0.15, -0.1) is 0 Å². The number of amides is 1. The van der Waals surface area contributed by atoms with Gasteiger partial charge in [0.1, 0.15) is 0 Å². The smallest absolute Gasteiger partial charge is 0.275 e. The molecule has 0 unspecified atom stereocenters. The number of hydrogen-bond acceptors (Lipinski definition) is 4. The van der Waals surface area contributed by atoms with Gasteiger partial charge in [0.25, 0.3) is 5.91 Å². The molecular formula is C13H21BrN4O2. The number of rotatable bonds is 3. The maximum Gasteiger partial charge on any atom is 0.275 e. The molecule has 1 aliphatic heterocycles. The van der Waals surface area contributed by atoms with Gasteiger partial charge in [-0.25, -0.2) is 0 Å². The number of carbonyl (C=O) groups is 1. The number of aryl methyl sites for hydroxylation is 1. The summed E-state index contributed by atoms with van der Waals surface area (Å²) >= 11 is 3.38. The zero-order valence-corrected chi connectivity index (χ0v) is 13.7. The summed E-state index contributed by atoms with van der Waals surface area (Å²) in [7, 11) is 0. The fourth-order valence-electron chi connectivity index (χ4n) is 2.36. The Morgan fingerprint density at radius 3 is 2.45 bits per heavy atom. The maximum absolute atomic E-state index is 12.4. The van der Waals surface area contributed by atoms with Crippen LogP contribution in [0.5, 0.6) is 0 Å². The summed E-state index contributed by atoms with van der Waals surface area (Å²) in [4.78, 5) is 16.4. The highest BCUT2D eigenvalue weighted by Crippen LogP contribution is 2.20. The van der Waals surface area contributed by atoms with Gasteiger partial charge in [-0.3, -0.25) is 14.8 Å². The average molecular weight is 345 g/mol. The third kappa shape index (κ3) is 3.59. The highest BCUT2D eigenvalue weighted by molar-refractivity contribution is 9.10. The van der Waals surface area contributed by atoms with Crippen molar-refractivity contribution >= 4 is 21.8 Å². The molecule has 0 aromatic carbocycles. The molecule has 1 aromatic heterocycles. The molecule has 0 radical (unpaired) electrons. The molecule has 1 aliphatic rings. The largest absolute Gasteiger partial charge is 0.389 e. The van der Waals surface area contributed by atoms with Crippen molar-refractivity contribution in [2.24, 2.45) is 0 Å². The van der Waals surface area contributed by atoms with Crippen LogP contribution in [-0.2, 0) is 0 Å². The average Bonchev–Trinajstić information content (AvgIpc) is 2.68. The lowest BCUT2D eigenvalue weighted by Gasteiger charge is -2.37. The minimum atomic E-state index is -0.700. The first-order chi connectivity index (χ1) is 9.28. The Labute approximate surface area is 127 Å². The van der Waals surface area contributed by atoms with Crippen molar-refractivity contribution in [1.29, 1.82) is 0 Å². The van der Waals surface area contributed by atoms with E-state index in [4.69, 9.17) is 0 Å². The molecule has 1 amide bonds. The van der Waals surface area contributed by atoms with Crippen LogP contribution < -0.4 is 0 Å². The Kier molecular flexibility index (Phi) is 4.51. The molecule has 0 saturated carbocycles. The molecule has 1 fully saturated rings. The molecule has 2 N–H and O–H groups in total. The molecular weight excluding hydrogens is 324 g/mol. The Balaban J connectivity index is 1.94. The molecule has 20 heavy (non-hydrogen) atoms. The highest BCUT2D eigenvalue weighted by Gasteiger charge is 2.27. The van der Waals surface area contributed by atoms with Crippen LogP contribution in [0, 0.1) is 6.92 Å². The summed E-state index contributed by atoms with van der Waals surface area (Å²) < 4.78 is 0.737. The standard InChI is InChI=1S/C13H21BrN4O2/c1-9-10(14)11(16-15-9)12(19)18-6-4-17(5-7-18)8-13(2,3)20/h20H,4-8H2,1-3H3,(H,15,16). The number of aromatic nitrogens is 2. The Hall–Kier alpha value is -0.920. The van der Waals surface area contributed by atoms with Crippen LogP contribution in [0.2, 0.25) is 0 Å². The number of H-pyrrole nitrogens is 1. The van der Waals surface area contributed by atoms with E-state index in [0.717, 1.165) is 23.3 Å². The normalized spacial score (nSPS) is 17.6. The fourth-order valence-corrected chi connectivity index (χ4v) is 2.71. The SMILES string of the molecule is Cc1[nH]nc(C(=O)N2CCN(CC(C)(C)O)CC2)c1Br. The lowest BCUT2D eigenvalue weighted by molar-refractivity contribution is 0.0177. The van der Waals surface area contributed by atoms with Crippen LogP contribution in [0.3, 0.4) is 0 Å². The maximum atomic E-state index is 12.4. The van der Waals surface area contributed by atoms with E-state index in [-0.39, 0.29) is 5.91 Å². The predicted molar refractivity (Wildman–Crippen MR) is 79.7 cm³/mol. The third-order valence-corrected chi connectivity index (χ3v) is 4.32. The lowest BCUT2D eigenvalue weighted by Crippen LogP contribution is -2.52. The van der Waals surface area contributed by atoms with E-state index in [1.807, 2.05) is 6.92 Å². The molecule has 2 heterocycles. The third-order valence-electron chi connectivity index (χ3n) is 3.35. The second-order valence-electron chi connectivity index (χ2n) is 5.89. The molecule has 112 valence electrons. The molecule has 1 aromatic rings. The van der Waals surface area contributed by atoms with Crippen molar-refractivity contribution in [3.63, 3.8) is 0 Å². The van der Waals surface area contributed by atoms with Crippen molar-refractivity contribution < 1.29 is 9.90 Å². The first-order valence-electron chi connectivity index (χ1n) is 6.72. The van der Waals surface area contributed by atoms with Crippen LogP contribution in [0.25, 0.3) is 0 Å². The van der Waals surface area contributed by atoms with E-state index >= 15 is 0 Å².